The number of morpholine rings is 1. The molecule has 7 N–H and O–H groups in total. The van der Waals surface area contributed by atoms with Gasteiger partial charge in [0.2, 0.25) is 5.78 Å². The summed E-state index contributed by atoms with van der Waals surface area (Å²) < 4.78 is 5.39. The third-order valence-electron chi connectivity index (χ3n) is 8.28. The highest BCUT2D eigenvalue weighted by atomic mass is 16.5. The number of primary amides is 1. The second-order valence-electron chi connectivity index (χ2n) is 10.1. The second kappa shape index (κ2) is 8.51. The van der Waals surface area contributed by atoms with E-state index in [0.29, 0.717) is 43.1 Å². The lowest BCUT2D eigenvalue weighted by Crippen LogP contribution is -2.67. The predicted octanol–water partition coefficient (Wildman–Crippen LogP) is 0.125. The zero-order valence-corrected chi connectivity index (χ0v) is 20.2. The highest BCUT2D eigenvalue weighted by Crippen LogP contribution is 2.53. The number of phenolic OH excluding ortho intramolecular Hbond substituents is 1. The van der Waals surface area contributed by atoms with Crippen LogP contribution in [0.3, 0.4) is 0 Å². The predicted molar refractivity (Wildman–Crippen MR) is 131 cm³/mol. The smallest absolute Gasteiger partial charge is 0.255 e. The standard InChI is InChI=1S/C26H26N4O8/c27-25(36)19-22(33)20(30-3-5-38-6-4-30)14-8-11-7-13-12(15-9-28-10-29-15)1-2-16(31)18(13)21(32)17(11)23(34)26(14,37)24(19)35/h1-2,9-11,14,20,31-32,35,37H,3-8H2,(H2,27,36)(H,28,29)/t11-,14-,20+,26-/m0/s1. The fraction of sp³-hybridized carbons (Fsp3) is 0.385. The molecule has 6 rings (SSSR count). The lowest BCUT2D eigenvalue weighted by Gasteiger charge is -2.51. The molecule has 1 aliphatic heterocycles. The summed E-state index contributed by atoms with van der Waals surface area (Å²) in [4.78, 5) is 48.6. The number of hydrogen-bond donors (Lipinski definition) is 6. The number of imidazole rings is 1. The summed E-state index contributed by atoms with van der Waals surface area (Å²) in [7, 11) is 0. The van der Waals surface area contributed by atoms with Crippen molar-refractivity contribution in [3.8, 4) is 17.0 Å². The minimum Gasteiger partial charge on any atom is -0.508 e. The first kappa shape index (κ1) is 24.3. The number of aromatic amines is 1. The number of Topliss-reactive ketones (excluding diaryl/α,β-unsaturated/α-hetero) is 2. The number of aromatic hydroxyl groups is 1. The van der Waals surface area contributed by atoms with Gasteiger partial charge in [-0.3, -0.25) is 19.3 Å². The Bertz CT molecular complexity index is 1440. The quantitative estimate of drug-likeness (QED) is 0.301. The fourth-order valence-corrected chi connectivity index (χ4v) is 6.58. The molecule has 4 aliphatic rings. The van der Waals surface area contributed by atoms with Crippen LogP contribution in [0.15, 0.2) is 41.6 Å². The largest absolute Gasteiger partial charge is 0.508 e. The molecule has 1 amide bonds. The molecule has 198 valence electrons. The number of ketones is 2. The van der Waals surface area contributed by atoms with Crippen molar-refractivity contribution >= 4 is 23.2 Å². The van der Waals surface area contributed by atoms with Crippen LogP contribution in [0, 0.1) is 11.8 Å². The number of benzene rings is 1. The number of nitrogens with two attached hydrogens (primary N) is 1. The van der Waals surface area contributed by atoms with Gasteiger partial charge in [-0.2, -0.15) is 0 Å². The summed E-state index contributed by atoms with van der Waals surface area (Å²) in [6, 6.07) is 1.94. The maximum Gasteiger partial charge on any atom is 0.255 e. The molecular weight excluding hydrogens is 496 g/mol. The monoisotopic (exact) mass is 522 g/mol. The molecule has 2 heterocycles. The second-order valence-corrected chi connectivity index (χ2v) is 10.1. The molecule has 1 aromatic heterocycles. The average Bonchev–Trinajstić information content (AvgIpc) is 3.41. The summed E-state index contributed by atoms with van der Waals surface area (Å²) >= 11 is 0. The maximum atomic E-state index is 14.0. The number of carbonyl (C=O) groups excluding carboxylic acids is 3. The number of aliphatic hydroxyl groups is 3. The van der Waals surface area contributed by atoms with Gasteiger partial charge in [0.1, 0.15) is 22.8 Å². The van der Waals surface area contributed by atoms with E-state index in [-0.39, 0.29) is 29.7 Å². The number of fused-ring (bicyclic) bond motifs is 3. The van der Waals surface area contributed by atoms with Crippen molar-refractivity contribution in [1.82, 2.24) is 14.9 Å². The van der Waals surface area contributed by atoms with E-state index in [1.807, 2.05) is 0 Å². The van der Waals surface area contributed by atoms with E-state index in [1.54, 1.807) is 17.2 Å². The molecule has 38 heavy (non-hydrogen) atoms. The number of nitrogens with one attached hydrogen (secondary N) is 1. The van der Waals surface area contributed by atoms with Gasteiger partial charge in [-0.15, -0.1) is 0 Å². The first-order chi connectivity index (χ1) is 18.2. The highest BCUT2D eigenvalue weighted by Gasteiger charge is 2.64. The summed E-state index contributed by atoms with van der Waals surface area (Å²) in [6.45, 7) is 1.23. The number of phenols is 1. The van der Waals surface area contributed by atoms with Gasteiger partial charge >= 0.3 is 0 Å². The Morgan fingerprint density at radius 1 is 1.18 bits per heavy atom. The molecule has 12 heteroatoms. The van der Waals surface area contributed by atoms with E-state index in [1.165, 1.54) is 12.4 Å². The van der Waals surface area contributed by atoms with Gasteiger partial charge in [0.15, 0.2) is 11.4 Å². The minimum atomic E-state index is -2.67. The number of amides is 1. The molecule has 12 nitrogen and oxygen atoms in total. The van der Waals surface area contributed by atoms with Crippen LogP contribution < -0.4 is 5.73 Å². The van der Waals surface area contributed by atoms with Gasteiger partial charge in [0.25, 0.3) is 5.91 Å². The van der Waals surface area contributed by atoms with Crippen LogP contribution in [0.5, 0.6) is 5.75 Å². The first-order valence-corrected chi connectivity index (χ1v) is 12.3. The topological polar surface area (TPSA) is 199 Å². The van der Waals surface area contributed by atoms with E-state index >= 15 is 0 Å². The molecule has 1 aromatic carbocycles. The summed E-state index contributed by atoms with van der Waals surface area (Å²) in [5, 5.41) is 44.9. The fourth-order valence-electron chi connectivity index (χ4n) is 6.58. The molecule has 0 spiro atoms. The molecule has 2 aromatic rings. The Balaban J connectivity index is 1.55. The van der Waals surface area contributed by atoms with E-state index in [9.17, 15) is 34.8 Å². The number of ether oxygens (including phenoxy) is 1. The molecule has 4 atom stereocenters. The Morgan fingerprint density at radius 2 is 1.92 bits per heavy atom. The molecule has 0 radical (unpaired) electrons. The van der Waals surface area contributed by atoms with Gasteiger partial charge in [-0.25, -0.2) is 4.98 Å². The summed E-state index contributed by atoms with van der Waals surface area (Å²) in [5.74, 6) is -6.73. The number of nitrogens with zero attached hydrogens (tertiary/aromatic N) is 2. The van der Waals surface area contributed by atoms with Crippen LogP contribution in [0.4, 0.5) is 0 Å². The third-order valence-corrected chi connectivity index (χ3v) is 8.28. The van der Waals surface area contributed by atoms with Gasteiger partial charge in [-0.1, -0.05) is 0 Å². The lowest BCUT2D eigenvalue weighted by atomic mass is 9.57. The van der Waals surface area contributed by atoms with E-state index < -0.39 is 58.0 Å². The zero-order chi connectivity index (χ0) is 26.9. The molecule has 3 aliphatic carbocycles. The molecule has 1 saturated carbocycles. The molecular formula is C26H26N4O8. The van der Waals surface area contributed by atoms with Gasteiger partial charge < -0.3 is 35.9 Å². The Morgan fingerprint density at radius 3 is 2.58 bits per heavy atom. The number of rotatable bonds is 3. The SMILES string of the molecule is NC(=O)C1=C(O)[C@@]2(O)C(=O)C3=C(O)c4c(O)ccc(-c5cnc[nH]5)c4C[C@H]3C[C@H]2[C@@H](N2CCOCC2)C1=O. The molecule has 0 bridgehead atoms. The van der Waals surface area contributed by atoms with Crippen molar-refractivity contribution in [3.63, 3.8) is 0 Å². The Hall–Kier alpha value is -4.00. The van der Waals surface area contributed by atoms with Gasteiger partial charge in [0, 0.05) is 30.1 Å². The minimum absolute atomic E-state index is 0.0308. The maximum absolute atomic E-state index is 14.0. The van der Waals surface area contributed by atoms with E-state index in [2.05, 4.69) is 9.97 Å². The third kappa shape index (κ3) is 3.20. The van der Waals surface area contributed by atoms with Crippen molar-refractivity contribution in [1.29, 1.82) is 0 Å². The number of aromatic nitrogens is 2. The zero-order valence-electron chi connectivity index (χ0n) is 20.2. The molecule has 2 fully saturated rings. The van der Waals surface area contributed by atoms with Crippen LogP contribution in [0.2, 0.25) is 0 Å². The van der Waals surface area contributed by atoms with Crippen molar-refractivity contribution in [2.45, 2.75) is 24.5 Å². The summed E-state index contributed by atoms with van der Waals surface area (Å²) in [6.07, 6.45) is 3.32. The van der Waals surface area contributed by atoms with Crippen LogP contribution in [0.25, 0.3) is 17.0 Å². The normalized spacial score (nSPS) is 29.7. The van der Waals surface area contributed by atoms with Crippen LogP contribution >= 0.6 is 0 Å². The van der Waals surface area contributed by atoms with Gasteiger partial charge in [0.05, 0.1) is 43.0 Å². The highest BCUT2D eigenvalue weighted by molar-refractivity contribution is 6.24. The first-order valence-electron chi connectivity index (χ1n) is 12.3. The number of hydrogen-bond acceptors (Lipinski definition) is 10. The number of aliphatic hydroxyl groups excluding tert-OH is 2. The average molecular weight is 523 g/mol. The molecule has 0 unspecified atom stereocenters. The Labute approximate surface area is 216 Å². The number of carbonyl (C=O) groups is 3. The van der Waals surface area contributed by atoms with Crippen LogP contribution in [-0.4, -0.2) is 90.7 Å². The van der Waals surface area contributed by atoms with Crippen molar-refractivity contribution in [2.75, 3.05) is 26.3 Å². The van der Waals surface area contributed by atoms with Crippen molar-refractivity contribution in [3.05, 3.63) is 52.7 Å². The van der Waals surface area contributed by atoms with E-state index in [0.717, 1.165) is 0 Å². The van der Waals surface area contributed by atoms with Crippen molar-refractivity contribution in [2.24, 2.45) is 17.6 Å². The summed E-state index contributed by atoms with van der Waals surface area (Å²) in [5.41, 5.74) is 3.66. The van der Waals surface area contributed by atoms with Crippen molar-refractivity contribution < 1.29 is 39.5 Å². The molecule has 1 saturated heterocycles. The van der Waals surface area contributed by atoms with Crippen LogP contribution in [-0.2, 0) is 25.5 Å². The van der Waals surface area contributed by atoms with Gasteiger partial charge in [-0.05, 0) is 36.5 Å². The van der Waals surface area contributed by atoms with Crippen LogP contribution in [0.1, 0.15) is 17.5 Å². The lowest BCUT2D eigenvalue weighted by molar-refractivity contribution is -0.157. The Kier molecular flexibility index (Phi) is 5.45. The van der Waals surface area contributed by atoms with E-state index in [4.69, 9.17) is 10.5 Å². The number of H-pyrrole nitrogens is 1.